The van der Waals surface area contributed by atoms with Gasteiger partial charge in [0.25, 0.3) is 11.4 Å². The molecule has 10 nitrogen and oxygen atoms in total. The first-order chi connectivity index (χ1) is 15.9. The topological polar surface area (TPSA) is 145 Å². The van der Waals surface area contributed by atoms with E-state index in [0.717, 1.165) is 6.42 Å². The maximum absolute atomic E-state index is 13.5. The van der Waals surface area contributed by atoms with Crippen molar-refractivity contribution in [1.29, 1.82) is 0 Å². The van der Waals surface area contributed by atoms with E-state index in [1.54, 1.807) is 29.7 Å². The smallest absolute Gasteiger partial charge is 0.265 e. The Bertz CT molecular complexity index is 1420. The highest BCUT2D eigenvalue weighted by Gasteiger charge is 2.40. The van der Waals surface area contributed by atoms with Crippen molar-refractivity contribution in [3.63, 3.8) is 0 Å². The Kier molecular flexibility index (Phi) is 5.26. The van der Waals surface area contributed by atoms with Crippen LogP contribution in [0.5, 0.6) is 0 Å². The molecule has 0 spiro atoms. The van der Waals surface area contributed by atoms with Crippen LogP contribution in [0.25, 0.3) is 22.2 Å². The third kappa shape index (κ3) is 3.70. The van der Waals surface area contributed by atoms with E-state index in [0.29, 0.717) is 38.7 Å². The number of anilines is 2. The van der Waals surface area contributed by atoms with E-state index in [4.69, 9.17) is 21.9 Å². The van der Waals surface area contributed by atoms with Crippen molar-refractivity contribution >= 4 is 34.0 Å². The quantitative estimate of drug-likeness (QED) is 0.389. The van der Waals surface area contributed by atoms with Gasteiger partial charge < -0.3 is 25.2 Å². The molecule has 4 N–H and O–H groups in total. The molecule has 4 aromatic rings. The molecule has 0 radical (unpaired) electrons. The number of rotatable bonds is 6. The lowest BCUT2D eigenvalue weighted by Crippen LogP contribution is -2.27. The molecule has 5 rings (SSSR count). The van der Waals surface area contributed by atoms with Gasteiger partial charge in [-0.3, -0.25) is 4.79 Å². The maximum Gasteiger partial charge on any atom is 0.265 e. The Morgan fingerprint density at radius 3 is 2.88 bits per heavy atom. The van der Waals surface area contributed by atoms with Crippen molar-refractivity contribution in [2.24, 2.45) is 5.92 Å². The van der Waals surface area contributed by atoms with Crippen molar-refractivity contribution in [3.8, 4) is 11.5 Å². The van der Waals surface area contributed by atoms with Gasteiger partial charge in [-0.25, -0.2) is 9.97 Å². The molecule has 0 aliphatic heterocycles. The van der Waals surface area contributed by atoms with Crippen LogP contribution < -0.4 is 16.6 Å². The van der Waals surface area contributed by atoms with Crippen molar-refractivity contribution < 1.29 is 9.63 Å². The molecule has 33 heavy (non-hydrogen) atoms. The number of nitrogen functional groups attached to an aromatic ring is 1. The molecule has 1 aliphatic rings. The first-order valence-corrected chi connectivity index (χ1v) is 10.9. The summed E-state index contributed by atoms with van der Waals surface area (Å²) in [6, 6.07) is 6.72. The third-order valence-corrected chi connectivity index (χ3v) is 6.27. The molecule has 1 saturated carbocycles. The Hall–Kier alpha value is -3.50. The number of fused-ring (bicyclic) bond motifs is 1. The number of aromatic nitrogens is 5. The number of nitrogens with zero attached hydrogens (tertiary/aromatic N) is 5. The second kappa shape index (κ2) is 8.13. The number of hydrogen-bond acceptors (Lipinski definition) is 9. The molecule has 1 aliphatic carbocycles. The highest BCUT2D eigenvalue weighted by molar-refractivity contribution is 6.35. The molecule has 0 saturated heterocycles. The van der Waals surface area contributed by atoms with Gasteiger partial charge in [0.15, 0.2) is 5.82 Å². The first-order valence-electron chi connectivity index (χ1n) is 10.5. The predicted octanol–water partition coefficient (Wildman–Crippen LogP) is 3.11. The van der Waals surface area contributed by atoms with Crippen LogP contribution >= 0.6 is 11.6 Å². The molecular weight excluding hydrogens is 446 g/mol. The highest BCUT2D eigenvalue weighted by atomic mass is 35.5. The monoisotopic (exact) mass is 467 g/mol. The lowest BCUT2D eigenvalue weighted by molar-refractivity contribution is 0.268. The van der Waals surface area contributed by atoms with E-state index in [1.807, 2.05) is 13.0 Å². The molecule has 3 aromatic heterocycles. The minimum atomic E-state index is -0.379. The average Bonchev–Trinajstić information content (AvgIpc) is 3.45. The summed E-state index contributed by atoms with van der Waals surface area (Å²) in [4.78, 5) is 26.1. The summed E-state index contributed by atoms with van der Waals surface area (Å²) in [5.74, 6) is 1.27. The van der Waals surface area contributed by atoms with Crippen LogP contribution in [0, 0.1) is 12.8 Å². The number of aryl methyl sites for hydroxylation is 1. The Balaban J connectivity index is 1.62. The number of pyridine rings is 1. The molecule has 0 amide bonds. The van der Waals surface area contributed by atoms with Crippen LogP contribution in [0.1, 0.15) is 36.9 Å². The summed E-state index contributed by atoms with van der Waals surface area (Å²) in [5, 5.41) is 18.5. The van der Waals surface area contributed by atoms with Gasteiger partial charge in [0.2, 0.25) is 0 Å². The molecule has 170 valence electrons. The Morgan fingerprint density at radius 2 is 2.18 bits per heavy atom. The molecule has 3 atom stereocenters. The van der Waals surface area contributed by atoms with E-state index in [2.05, 4.69) is 25.4 Å². The lowest BCUT2D eigenvalue weighted by atomic mass is 10.1. The van der Waals surface area contributed by atoms with Crippen molar-refractivity contribution in [2.75, 3.05) is 17.7 Å². The van der Waals surface area contributed by atoms with Gasteiger partial charge in [0, 0.05) is 40.1 Å². The van der Waals surface area contributed by atoms with E-state index in [-0.39, 0.29) is 41.9 Å². The molecular formula is C22H22ClN7O3. The number of benzene rings is 1. The Labute approximate surface area is 193 Å². The fourth-order valence-electron chi connectivity index (χ4n) is 4.15. The van der Waals surface area contributed by atoms with Gasteiger partial charge in [-0.1, -0.05) is 22.8 Å². The predicted molar refractivity (Wildman–Crippen MR) is 124 cm³/mol. The normalized spacial score (nSPS) is 18.4. The second-order valence-electron chi connectivity index (χ2n) is 8.19. The van der Waals surface area contributed by atoms with Crippen molar-refractivity contribution in [3.05, 3.63) is 57.5 Å². The Morgan fingerprint density at radius 1 is 1.36 bits per heavy atom. The largest absolute Gasteiger partial charge is 0.396 e. The summed E-state index contributed by atoms with van der Waals surface area (Å²) >= 11 is 6.42. The molecule has 11 heteroatoms. The average molecular weight is 468 g/mol. The van der Waals surface area contributed by atoms with E-state index >= 15 is 0 Å². The summed E-state index contributed by atoms with van der Waals surface area (Å²) in [6.45, 7) is 3.63. The summed E-state index contributed by atoms with van der Waals surface area (Å²) < 4.78 is 7.04. The van der Waals surface area contributed by atoms with Crippen LogP contribution in [-0.2, 0) is 0 Å². The van der Waals surface area contributed by atoms with Gasteiger partial charge in [0.05, 0.1) is 6.04 Å². The van der Waals surface area contributed by atoms with Crippen LogP contribution in [-0.4, -0.2) is 36.4 Å². The van der Waals surface area contributed by atoms with Crippen LogP contribution in [0.3, 0.4) is 0 Å². The zero-order valence-corrected chi connectivity index (χ0v) is 18.7. The van der Waals surface area contributed by atoms with Gasteiger partial charge in [0.1, 0.15) is 23.5 Å². The second-order valence-corrected chi connectivity index (χ2v) is 8.59. The fourth-order valence-corrected chi connectivity index (χ4v) is 4.38. The van der Waals surface area contributed by atoms with Crippen molar-refractivity contribution in [2.45, 2.75) is 32.4 Å². The zero-order chi connectivity index (χ0) is 23.3. The van der Waals surface area contributed by atoms with Crippen LogP contribution in [0.4, 0.5) is 11.6 Å². The molecule has 3 unspecified atom stereocenters. The number of aliphatic hydroxyl groups is 1. The van der Waals surface area contributed by atoms with Gasteiger partial charge in [-0.2, -0.15) is 4.98 Å². The van der Waals surface area contributed by atoms with Crippen molar-refractivity contribution in [1.82, 2.24) is 24.7 Å². The molecule has 1 aromatic carbocycles. The summed E-state index contributed by atoms with van der Waals surface area (Å²) in [5.41, 5.74) is 7.06. The van der Waals surface area contributed by atoms with Crippen LogP contribution in [0.2, 0.25) is 5.02 Å². The number of hydrogen-bond donors (Lipinski definition) is 3. The number of nitrogens with two attached hydrogens (primary N) is 1. The number of aliphatic hydroxyl groups excluding tert-OH is 1. The highest BCUT2D eigenvalue weighted by Crippen LogP contribution is 2.44. The minimum Gasteiger partial charge on any atom is -0.396 e. The summed E-state index contributed by atoms with van der Waals surface area (Å²) in [6.07, 6.45) is 2.07. The summed E-state index contributed by atoms with van der Waals surface area (Å²) in [7, 11) is 0. The minimum absolute atomic E-state index is 0.0229. The van der Waals surface area contributed by atoms with Gasteiger partial charge in [-0.05, 0) is 38.5 Å². The third-order valence-electron chi connectivity index (χ3n) is 5.94. The van der Waals surface area contributed by atoms with Gasteiger partial charge in [-0.15, -0.1) is 0 Å². The zero-order valence-electron chi connectivity index (χ0n) is 18.0. The maximum atomic E-state index is 13.5. The van der Waals surface area contributed by atoms with Crippen LogP contribution in [0.15, 0.2) is 39.9 Å². The number of halogens is 1. The molecule has 3 heterocycles. The SMILES string of the molecule is Cc1noc(-c2c(N)ncnc2NC(C)c2cc3c(Cl)cccc3c(=O)n2C2CC2CO)n1. The standard InChI is InChI=1S/C22H22ClN7O3/c1-10(27-20-18(19(24)25-9-26-20)21-28-11(2)29-33-21)16-7-14-13(4-3-5-15(14)23)22(32)30(16)17-6-12(17)8-31/h3-5,7,9-10,12,17,31H,6,8H2,1-2H3,(H3,24,25,26,27). The lowest BCUT2D eigenvalue weighted by Gasteiger charge is -2.22. The fraction of sp³-hybridized carbons (Fsp3) is 0.318. The first kappa shape index (κ1) is 21.4. The number of nitrogens with one attached hydrogen (secondary N) is 1. The van der Waals surface area contributed by atoms with E-state index in [9.17, 15) is 9.90 Å². The molecule has 1 fully saturated rings. The van der Waals surface area contributed by atoms with E-state index in [1.165, 1.54) is 6.33 Å². The van der Waals surface area contributed by atoms with E-state index < -0.39 is 0 Å². The van der Waals surface area contributed by atoms with Gasteiger partial charge >= 0.3 is 0 Å². The molecule has 0 bridgehead atoms.